The number of nitrogens with one attached hydrogen (secondary N) is 1. The van der Waals surface area contributed by atoms with Gasteiger partial charge >= 0.3 is 0 Å². The molecule has 2 aromatic carbocycles. The Kier molecular flexibility index (Phi) is 6.03. The molecule has 0 saturated carbocycles. The molecule has 2 N–H and O–H groups in total. The molecule has 4 heteroatoms. The van der Waals surface area contributed by atoms with E-state index in [1.165, 1.54) is 5.56 Å². The van der Waals surface area contributed by atoms with Crippen molar-refractivity contribution in [3.63, 3.8) is 0 Å². The second kappa shape index (κ2) is 7.82. The minimum Gasteiger partial charge on any atom is -0.388 e. The van der Waals surface area contributed by atoms with Gasteiger partial charge in [0.1, 0.15) is 0 Å². The molecule has 0 fully saturated rings. The normalized spacial score (nSPS) is 12.7. The maximum atomic E-state index is 12.2. The highest BCUT2D eigenvalue weighted by molar-refractivity contribution is 6.30. The molecule has 0 aliphatic carbocycles. The van der Waals surface area contributed by atoms with Crippen molar-refractivity contribution in [1.29, 1.82) is 0 Å². The minimum absolute atomic E-state index is 0.0655. The lowest BCUT2D eigenvalue weighted by molar-refractivity contribution is 0.0942. The number of amides is 1. The molecule has 1 amide bonds. The number of benzene rings is 2. The standard InChI is InChI=1S/C20H24ClNO2/c1-20(2,3)16-9-7-14(8-10-16)19(24)22-12-11-18(23)15-5-4-6-17(21)13-15/h4-10,13,18,23H,11-12H2,1-3H3,(H,22,24)/t18-/m0/s1. The van der Waals surface area contributed by atoms with Crippen molar-refractivity contribution in [2.24, 2.45) is 0 Å². The Balaban J connectivity index is 1.87. The smallest absolute Gasteiger partial charge is 0.251 e. The second-order valence-electron chi connectivity index (χ2n) is 6.94. The van der Waals surface area contributed by atoms with Crippen LogP contribution in [0.3, 0.4) is 0 Å². The number of halogens is 1. The summed E-state index contributed by atoms with van der Waals surface area (Å²) in [4.78, 5) is 12.2. The van der Waals surface area contributed by atoms with Crippen molar-refractivity contribution >= 4 is 17.5 Å². The third kappa shape index (κ3) is 5.08. The summed E-state index contributed by atoms with van der Waals surface area (Å²) in [5.41, 5.74) is 2.64. The first kappa shape index (κ1) is 18.5. The van der Waals surface area contributed by atoms with E-state index in [0.717, 1.165) is 5.56 Å². The van der Waals surface area contributed by atoms with Crippen LogP contribution in [-0.2, 0) is 5.41 Å². The molecule has 24 heavy (non-hydrogen) atoms. The molecule has 0 saturated heterocycles. The van der Waals surface area contributed by atoms with E-state index in [1.54, 1.807) is 18.2 Å². The molecule has 0 heterocycles. The van der Waals surface area contributed by atoms with Gasteiger partial charge in [0, 0.05) is 17.1 Å². The fraction of sp³-hybridized carbons (Fsp3) is 0.350. The van der Waals surface area contributed by atoms with E-state index in [4.69, 9.17) is 11.6 Å². The number of carbonyl (C=O) groups is 1. The maximum absolute atomic E-state index is 12.2. The summed E-state index contributed by atoms with van der Waals surface area (Å²) in [5.74, 6) is -0.131. The zero-order valence-corrected chi connectivity index (χ0v) is 15.1. The monoisotopic (exact) mass is 345 g/mol. The van der Waals surface area contributed by atoms with Gasteiger partial charge in [-0.3, -0.25) is 4.79 Å². The van der Waals surface area contributed by atoms with Gasteiger partial charge in [-0.1, -0.05) is 56.6 Å². The van der Waals surface area contributed by atoms with Crippen molar-refractivity contribution in [2.75, 3.05) is 6.54 Å². The van der Waals surface area contributed by atoms with Crippen molar-refractivity contribution in [3.05, 3.63) is 70.2 Å². The quantitative estimate of drug-likeness (QED) is 0.838. The highest BCUT2D eigenvalue weighted by Crippen LogP contribution is 2.22. The van der Waals surface area contributed by atoms with Gasteiger partial charge < -0.3 is 10.4 Å². The van der Waals surface area contributed by atoms with E-state index in [0.29, 0.717) is 23.6 Å². The van der Waals surface area contributed by atoms with Crippen LogP contribution in [0.25, 0.3) is 0 Å². The van der Waals surface area contributed by atoms with Crippen LogP contribution in [0.15, 0.2) is 48.5 Å². The highest BCUT2D eigenvalue weighted by atomic mass is 35.5. The van der Waals surface area contributed by atoms with Gasteiger partial charge in [-0.2, -0.15) is 0 Å². The Bertz CT molecular complexity index is 690. The van der Waals surface area contributed by atoms with Crippen LogP contribution < -0.4 is 5.32 Å². The topological polar surface area (TPSA) is 49.3 Å². The maximum Gasteiger partial charge on any atom is 0.251 e. The van der Waals surface area contributed by atoms with Crippen LogP contribution in [0.2, 0.25) is 5.02 Å². The van der Waals surface area contributed by atoms with E-state index in [-0.39, 0.29) is 11.3 Å². The Morgan fingerprint density at radius 1 is 1.17 bits per heavy atom. The molecular weight excluding hydrogens is 322 g/mol. The molecule has 0 unspecified atom stereocenters. The molecular formula is C20H24ClNO2. The van der Waals surface area contributed by atoms with Crippen molar-refractivity contribution < 1.29 is 9.90 Å². The zero-order valence-electron chi connectivity index (χ0n) is 14.3. The van der Waals surface area contributed by atoms with Gasteiger partial charge in [-0.25, -0.2) is 0 Å². The Morgan fingerprint density at radius 2 is 1.83 bits per heavy atom. The highest BCUT2D eigenvalue weighted by Gasteiger charge is 2.14. The van der Waals surface area contributed by atoms with Crippen LogP contribution in [0.4, 0.5) is 0 Å². The fourth-order valence-corrected chi connectivity index (χ4v) is 2.63. The van der Waals surface area contributed by atoms with Crippen LogP contribution in [-0.4, -0.2) is 17.6 Å². The lowest BCUT2D eigenvalue weighted by atomic mass is 9.87. The van der Waals surface area contributed by atoms with E-state index >= 15 is 0 Å². The summed E-state index contributed by atoms with van der Waals surface area (Å²) in [6, 6.07) is 14.8. The van der Waals surface area contributed by atoms with Gasteiger partial charge in [0.15, 0.2) is 0 Å². The van der Waals surface area contributed by atoms with Crippen molar-refractivity contribution in [1.82, 2.24) is 5.32 Å². The van der Waals surface area contributed by atoms with Crippen molar-refractivity contribution in [3.8, 4) is 0 Å². The van der Waals surface area contributed by atoms with Crippen LogP contribution in [0.5, 0.6) is 0 Å². The van der Waals surface area contributed by atoms with Gasteiger partial charge in [0.25, 0.3) is 5.91 Å². The van der Waals surface area contributed by atoms with Crippen LogP contribution >= 0.6 is 11.6 Å². The molecule has 2 rings (SSSR count). The summed E-state index contributed by atoms with van der Waals surface area (Å²) in [6.07, 6.45) is -0.209. The number of carbonyl (C=O) groups excluding carboxylic acids is 1. The Hall–Kier alpha value is -1.84. The average molecular weight is 346 g/mol. The lowest BCUT2D eigenvalue weighted by Gasteiger charge is -2.19. The SMILES string of the molecule is CC(C)(C)c1ccc(C(=O)NCC[C@H](O)c2cccc(Cl)c2)cc1. The first-order valence-corrected chi connectivity index (χ1v) is 8.47. The molecule has 0 spiro atoms. The molecule has 0 aliphatic rings. The van der Waals surface area contributed by atoms with E-state index < -0.39 is 6.10 Å². The van der Waals surface area contributed by atoms with Gasteiger partial charge in [-0.05, 0) is 47.2 Å². The summed E-state index contributed by atoms with van der Waals surface area (Å²) in [6.45, 7) is 6.81. The fourth-order valence-electron chi connectivity index (χ4n) is 2.43. The molecule has 0 aromatic heterocycles. The summed E-state index contributed by atoms with van der Waals surface area (Å²) >= 11 is 5.92. The molecule has 0 bridgehead atoms. The number of hydrogen-bond donors (Lipinski definition) is 2. The molecule has 0 aliphatic heterocycles. The average Bonchev–Trinajstić information content (AvgIpc) is 2.54. The summed E-state index contributed by atoms with van der Waals surface area (Å²) < 4.78 is 0. The summed E-state index contributed by atoms with van der Waals surface area (Å²) in [5, 5.41) is 13.6. The van der Waals surface area contributed by atoms with E-state index in [1.807, 2.05) is 30.3 Å². The predicted molar refractivity (Wildman–Crippen MR) is 98.5 cm³/mol. The molecule has 128 valence electrons. The largest absolute Gasteiger partial charge is 0.388 e. The van der Waals surface area contributed by atoms with Gasteiger partial charge in [0.05, 0.1) is 6.10 Å². The zero-order chi connectivity index (χ0) is 17.7. The first-order chi connectivity index (χ1) is 11.3. The second-order valence-corrected chi connectivity index (χ2v) is 7.38. The molecule has 3 nitrogen and oxygen atoms in total. The van der Waals surface area contributed by atoms with E-state index in [2.05, 4.69) is 26.1 Å². The molecule has 1 atom stereocenters. The molecule has 2 aromatic rings. The number of aliphatic hydroxyl groups is 1. The third-order valence-electron chi connectivity index (χ3n) is 3.95. The van der Waals surface area contributed by atoms with Gasteiger partial charge in [0.2, 0.25) is 0 Å². The number of aliphatic hydroxyl groups excluding tert-OH is 1. The third-order valence-corrected chi connectivity index (χ3v) is 4.18. The van der Waals surface area contributed by atoms with Gasteiger partial charge in [-0.15, -0.1) is 0 Å². The first-order valence-electron chi connectivity index (χ1n) is 8.09. The number of hydrogen-bond acceptors (Lipinski definition) is 2. The molecule has 0 radical (unpaired) electrons. The minimum atomic E-state index is -0.646. The summed E-state index contributed by atoms with van der Waals surface area (Å²) in [7, 11) is 0. The van der Waals surface area contributed by atoms with Crippen LogP contribution in [0.1, 0.15) is 54.8 Å². The number of rotatable bonds is 5. The Morgan fingerprint density at radius 3 is 2.42 bits per heavy atom. The predicted octanol–water partition coefficient (Wildman–Crippen LogP) is 4.49. The Labute approximate surface area is 148 Å². The van der Waals surface area contributed by atoms with Crippen LogP contribution in [0, 0.1) is 0 Å². The van der Waals surface area contributed by atoms with E-state index in [9.17, 15) is 9.90 Å². The van der Waals surface area contributed by atoms with Crippen molar-refractivity contribution in [2.45, 2.75) is 38.7 Å². The lowest BCUT2D eigenvalue weighted by Crippen LogP contribution is -2.25.